The van der Waals surface area contributed by atoms with E-state index in [1.54, 1.807) is 0 Å². The zero-order chi connectivity index (χ0) is 10.8. The molecular weight excluding hydrogens is 204 g/mol. The normalized spacial score (nSPS) is 50.2. The molecule has 6 aliphatic carbocycles. The van der Waals surface area contributed by atoms with E-state index >= 15 is 0 Å². The molecule has 3 heteroatoms. The minimum absolute atomic E-state index is 0.375. The highest BCUT2D eigenvalue weighted by atomic mass is 16.7. The van der Waals surface area contributed by atoms with Crippen LogP contribution in [0, 0.1) is 22.7 Å². The van der Waals surface area contributed by atoms with Gasteiger partial charge in [0, 0.05) is 10.8 Å². The minimum atomic E-state index is -0.436. The number of hydrogen-bond acceptors (Lipinski definition) is 3. The molecule has 0 heterocycles. The monoisotopic (exact) mass is 222 g/mol. The summed E-state index contributed by atoms with van der Waals surface area (Å²) in [5.74, 6) is 1.89. The molecule has 0 unspecified atom stereocenters. The predicted molar refractivity (Wildman–Crippen MR) is 56.8 cm³/mol. The fraction of sp³-hybridized carbons (Fsp3) is 0.923. The van der Waals surface area contributed by atoms with Gasteiger partial charge in [0.05, 0.1) is 0 Å². The van der Waals surface area contributed by atoms with Crippen LogP contribution in [0.3, 0.4) is 0 Å². The highest BCUT2D eigenvalue weighted by Crippen LogP contribution is 2.65. The summed E-state index contributed by atoms with van der Waals surface area (Å²) < 4.78 is 10.4. The van der Waals surface area contributed by atoms with E-state index in [9.17, 15) is 4.79 Å². The fourth-order valence-corrected chi connectivity index (χ4v) is 4.13. The van der Waals surface area contributed by atoms with Crippen molar-refractivity contribution < 1.29 is 14.3 Å². The van der Waals surface area contributed by atoms with E-state index in [0.717, 1.165) is 11.8 Å². The van der Waals surface area contributed by atoms with Crippen molar-refractivity contribution in [1.29, 1.82) is 0 Å². The van der Waals surface area contributed by atoms with Gasteiger partial charge in [-0.3, -0.25) is 0 Å². The van der Waals surface area contributed by atoms with Gasteiger partial charge >= 0.3 is 6.16 Å². The Morgan fingerprint density at radius 3 is 1.50 bits per heavy atom. The molecule has 0 radical (unpaired) electrons. The minimum Gasteiger partial charge on any atom is -0.434 e. The van der Waals surface area contributed by atoms with Crippen molar-refractivity contribution >= 4 is 6.16 Å². The Hall–Kier alpha value is -0.730. The first kappa shape index (κ1) is 9.32. The standard InChI is InChI=1S/C13H18O3/c14-11(15-7-12-1-9(2-12)3-12)16-8-13-4-10(5-13)6-13/h9-10H,1-8H2. The Labute approximate surface area is 95.5 Å². The molecular formula is C13H18O3. The average Bonchev–Trinajstić information content (AvgIpc) is 1.93. The molecule has 0 aromatic heterocycles. The molecule has 0 aromatic carbocycles. The molecule has 6 fully saturated rings. The van der Waals surface area contributed by atoms with Crippen LogP contribution in [0.4, 0.5) is 4.79 Å². The predicted octanol–water partition coefficient (Wildman–Crippen LogP) is 2.74. The van der Waals surface area contributed by atoms with Crippen molar-refractivity contribution in [2.45, 2.75) is 38.5 Å². The summed E-state index contributed by atoms with van der Waals surface area (Å²) >= 11 is 0. The largest absolute Gasteiger partial charge is 0.508 e. The molecule has 3 nitrogen and oxygen atoms in total. The van der Waals surface area contributed by atoms with E-state index in [0.29, 0.717) is 24.0 Å². The third kappa shape index (κ3) is 1.17. The molecule has 0 saturated heterocycles. The third-order valence-electron chi connectivity index (χ3n) is 5.32. The van der Waals surface area contributed by atoms with Crippen molar-refractivity contribution in [3.63, 3.8) is 0 Å². The van der Waals surface area contributed by atoms with Gasteiger partial charge in [-0.1, -0.05) is 0 Å². The second-order valence-electron chi connectivity index (χ2n) is 6.78. The van der Waals surface area contributed by atoms with Crippen LogP contribution in [0.5, 0.6) is 0 Å². The van der Waals surface area contributed by atoms with Gasteiger partial charge in [0.2, 0.25) is 0 Å². The smallest absolute Gasteiger partial charge is 0.434 e. The van der Waals surface area contributed by atoms with E-state index in [1.807, 2.05) is 0 Å². The summed E-state index contributed by atoms with van der Waals surface area (Å²) in [6.45, 7) is 1.19. The Morgan fingerprint density at radius 1 is 0.875 bits per heavy atom. The second kappa shape index (κ2) is 2.74. The lowest BCUT2D eigenvalue weighted by Crippen LogP contribution is -2.55. The number of rotatable bonds is 4. The molecule has 0 aromatic rings. The van der Waals surface area contributed by atoms with Crippen LogP contribution in [0.25, 0.3) is 0 Å². The molecule has 0 spiro atoms. The lowest BCUT2D eigenvalue weighted by molar-refractivity contribution is -0.162. The van der Waals surface area contributed by atoms with Crippen molar-refractivity contribution in [2.75, 3.05) is 13.2 Å². The molecule has 0 amide bonds. The molecule has 0 aliphatic heterocycles. The summed E-state index contributed by atoms with van der Waals surface area (Å²) in [7, 11) is 0. The highest BCUT2D eigenvalue weighted by molar-refractivity contribution is 5.60. The van der Waals surface area contributed by atoms with Gasteiger partial charge < -0.3 is 9.47 Å². The third-order valence-corrected chi connectivity index (χ3v) is 5.32. The number of hydrogen-bond donors (Lipinski definition) is 0. The topological polar surface area (TPSA) is 35.5 Å². The Bertz CT molecular complexity index is 283. The summed E-state index contributed by atoms with van der Waals surface area (Å²) in [6.07, 6.45) is 7.18. The van der Waals surface area contributed by atoms with Gasteiger partial charge in [-0.15, -0.1) is 0 Å². The Morgan fingerprint density at radius 2 is 1.25 bits per heavy atom. The maximum absolute atomic E-state index is 11.4. The molecule has 16 heavy (non-hydrogen) atoms. The maximum atomic E-state index is 11.4. The second-order valence-corrected chi connectivity index (χ2v) is 6.78. The summed E-state index contributed by atoms with van der Waals surface area (Å²) in [5, 5.41) is 0. The number of ether oxygens (including phenoxy) is 2. The van der Waals surface area contributed by atoms with Gasteiger partial charge in [-0.2, -0.15) is 0 Å². The van der Waals surface area contributed by atoms with Crippen molar-refractivity contribution in [3.8, 4) is 0 Å². The van der Waals surface area contributed by atoms with Gasteiger partial charge in [0.25, 0.3) is 0 Å². The van der Waals surface area contributed by atoms with Crippen LogP contribution in [0.1, 0.15) is 38.5 Å². The van der Waals surface area contributed by atoms with E-state index < -0.39 is 6.16 Å². The Kier molecular flexibility index (Phi) is 1.60. The van der Waals surface area contributed by atoms with Gasteiger partial charge in [-0.05, 0) is 50.4 Å². The van der Waals surface area contributed by atoms with Crippen molar-refractivity contribution in [2.24, 2.45) is 22.7 Å². The van der Waals surface area contributed by atoms with Crippen LogP contribution < -0.4 is 0 Å². The summed E-state index contributed by atoms with van der Waals surface area (Å²) in [6, 6.07) is 0. The number of carbonyl (C=O) groups excluding carboxylic acids is 1. The first-order chi connectivity index (χ1) is 7.67. The lowest BCUT2D eigenvalue weighted by atomic mass is 9.45. The Balaban J connectivity index is 1.18. The zero-order valence-electron chi connectivity index (χ0n) is 9.54. The fourth-order valence-electron chi connectivity index (χ4n) is 4.13. The van der Waals surface area contributed by atoms with E-state index in [1.165, 1.54) is 38.5 Å². The van der Waals surface area contributed by atoms with Crippen LogP contribution in [-0.4, -0.2) is 19.4 Å². The summed E-state index contributed by atoms with van der Waals surface area (Å²) in [4.78, 5) is 11.4. The van der Waals surface area contributed by atoms with Gasteiger partial charge in [0.1, 0.15) is 13.2 Å². The quantitative estimate of drug-likeness (QED) is 0.686. The molecule has 0 atom stereocenters. The molecule has 6 saturated carbocycles. The average molecular weight is 222 g/mol. The molecule has 88 valence electrons. The molecule has 0 N–H and O–H groups in total. The van der Waals surface area contributed by atoms with E-state index in [2.05, 4.69) is 0 Å². The van der Waals surface area contributed by atoms with Crippen LogP contribution in [-0.2, 0) is 9.47 Å². The molecule has 4 bridgehead atoms. The van der Waals surface area contributed by atoms with Crippen molar-refractivity contribution in [3.05, 3.63) is 0 Å². The lowest BCUT2D eigenvalue weighted by Gasteiger charge is -2.61. The van der Waals surface area contributed by atoms with Crippen LogP contribution in [0.2, 0.25) is 0 Å². The molecule has 6 aliphatic rings. The SMILES string of the molecule is O=C(OCC12CC(C1)C2)OCC12CC(C1)C2. The first-order valence-corrected chi connectivity index (χ1v) is 6.47. The molecule has 6 rings (SSSR count). The zero-order valence-corrected chi connectivity index (χ0v) is 9.54. The van der Waals surface area contributed by atoms with E-state index in [4.69, 9.17) is 9.47 Å². The highest BCUT2D eigenvalue weighted by Gasteiger charge is 2.58. The van der Waals surface area contributed by atoms with Crippen LogP contribution >= 0.6 is 0 Å². The van der Waals surface area contributed by atoms with Gasteiger partial charge in [-0.25, -0.2) is 4.79 Å². The van der Waals surface area contributed by atoms with Crippen molar-refractivity contribution in [1.82, 2.24) is 0 Å². The van der Waals surface area contributed by atoms with Gasteiger partial charge in [0.15, 0.2) is 0 Å². The summed E-state index contributed by atoms with van der Waals surface area (Å²) in [5.41, 5.74) is 0.750. The van der Waals surface area contributed by atoms with Crippen LogP contribution in [0.15, 0.2) is 0 Å². The van der Waals surface area contributed by atoms with E-state index in [-0.39, 0.29) is 0 Å². The maximum Gasteiger partial charge on any atom is 0.508 e. The number of carbonyl (C=O) groups is 1. The first-order valence-electron chi connectivity index (χ1n) is 6.47.